The maximum atomic E-state index is 12.8. The summed E-state index contributed by atoms with van der Waals surface area (Å²) >= 11 is 7.68. The second kappa shape index (κ2) is 9.41. The first-order valence-corrected chi connectivity index (χ1v) is 12.4. The van der Waals surface area contributed by atoms with Crippen LogP contribution in [-0.2, 0) is 4.79 Å². The number of aromatic nitrogens is 4. The molecule has 0 bridgehead atoms. The van der Waals surface area contributed by atoms with Gasteiger partial charge in [0, 0.05) is 40.2 Å². The number of carbonyl (C=O) groups excluding carboxylic acids is 1. The quantitative estimate of drug-likeness (QED) is 0.406. The molecule has 0 saturated carbocycles. The van der Waals surface area contributed by atoms with Crippen molar-refractivity contribution in [2.24, 2.45) is 5.92 Å². The molecule has 1 fully saturated rings. The first-order valence-electron chi connectivity index (χ1n) is 10.8. The number of halogens is 1. The topological polar surface area (TPSA) is 75.4 Å². The van der Waals surface area contributed by atoms with Crippen molar-refractivity contribution in [1.29, 1.82) is 0 Å². The summed E-state index contributed by atoms with van der Waals surface area (Å²) in [6.07, 6.45) is 3.58. The molecule has 7 nitrogen and oxygen atoms in total. The molecule has 4 aromatic rings. The van der Waals surface area contributed by atoms with Crippen LogP contribution in [0.5, 0.6) is 0 Å². The van der Waals surface area contributed by atoms with E-state index in [-0.39, 0.29) is 11.8 Å². The minimum absolute atomic E-state index is 0.0116. The van der Waals surface area contributed by atoms with Crippen LogP contribution in [0.3, 0.4) is 0 Å². The average molecular weight is 479 g/mol. The molecule has 1 N–H and O–H groups in total. The molecule has 1 saturated heterocycles. The number of piperidine rings is 1. The molecule has 0 spiro atoms. The van der Waals surface area contributed by atoms with E-state index in [1.807, 2.05) is 66.9 Å². The normalized spacial score (nSPS) is 14.5. The lowest BCUT2D eigenvalue weighted by atomic mass is 9.96. The molecule has 3 heterocycles. The van der Waals surface area contributed by atoms with Gasteiger partial charge in [-0.15, -0.1) is 27.1 Å². The molecule has 5 rings (SSSR count). The van der Waals surface area contributed by atoms with Crippen molar-refractivity contribution in [3.8, 4) is 11.4 Å². The van der Waals surface area contributed by atoms with E-state index in [9.17, 15) is 4.79 Å². The molecular weight excluding hydrogens is 456 g/mol. The second-order valence-corrected chi connectivity index (χ2v) is 9.29. The lowest BCUT2D eigenvalue weighted by molar-refractivity contribution is -0.120. The van der Waals surface area contributed by atoms with Gasteiger partial charge in [-0.2, -0.15) is 4.52 Å². The van der Waals surface area contributed by atoms with Crippen LogP contribution in [0.25, 0.3) is 17.0 Å². The van der Waals surface area contributed by atoms with E-state index < -0.39 is 0 Å². The highest BCUT2D eigenvalue weighted by Crippen LogP contribution is 2.26. The Hall–Kier alpha value is -3.10. The summed E-state index contributed by atoms with van der Waals surface area (Å²) in [7, 11) is 0. The van der Waals surface area contributed by atoms with Gasteiger partial charge in [0.05, 0.1) is 0 Å². The highest BCUT2D eigenvalue weighted by Gasteiger charge is 2.26. The molecule has 1 amide bonds. The minimum Gasteiger partial charge on any atom is -0.355 e. The van der Waals surface area contributed by atoms with Crippen LogP contribution in [0.1, 0.15) is 12.8 Å². The average Bonchev–Trinajstić information content (AvgIpc) is 3.28. The van der Waals surface area contributed by atoms with Crippen LogP contribution in [0, 0.1) is 5.92 Å². The van der Waals surface area contributed by atoms with Crippen molar-refractivity contribution < 1.29 is 4.79 Å². The molecule has 0 unspecified atom stereocenters. The number of anilines is 2. The zero-order valence-corrected chi connectivity index (χ0v) is 19.7. The summed E-state index contributed by atoms with van der Waals surface area (Å²) in [5.41, 5.74) is 2.44. The van der Waals surface area contributed by atoms with E-state index >= 15 is 0 Å². The monoisotopic (exact) mass is 478 g/mol. The first kappa shape index (κ1) is 21.7. The third-order valence-corrected chi connectivity index (χ3v) is 6.86. The van der Waals surface area contributed by atoms with E-state index in [1.54, 1.807) is 16.3 Å². The van der Waals surface area contributed by atoms with Gasteiger partial charge in [0.25, 0.3) is 0 Å². The highest BCUT2D eigenvalue weighted by molar-refractivity contribution is 7.98. The number of hydrogen-bond donors (Lipinski definition) is 1. The van der Waals surface area contributed by atoms with Gasteiger partial charge < -0.3 is 10.2 Å². The lowest BCUT2D eigenvalue weighted by Crippen LogP contribution is -2.38. The van der Waals surface area contributed by atoms with Crippen molar-refractivity contribution >= 4 is 46.4 Å². The van der Waals surface area contributed by atoms with Crippen LogP contribution < -0.4 is 10.2 Å². The Morgan fingerprint density at radius 1 is 1.06 bits per heavy atom. The Balaban J connectivity index is 1.27. The van der Waals surface area contributed by atoms with E-state index in [1.165, 1.54) is 0 Å². The van der Waals surface area contributed by atoms with Crippen LogP contribution in [0.4, 0.5) is 11.5 Å². The van der Waals surface area contributed by atoms with Gasteiger partial charge in [-0.1, -0.05) is 17.7 Å². The Morgan fingerprint density at radius 2 is 1.85 bits per heavy atom. The molecule has 0 radical (unpaired) electrons. The van der Waals surface area contributed by atoms with Crippen LogP contribution in [-0.4, -0.2) is 45.1 Å². The zero-order chi connectivity index (χ0) is 22.8. The summed E-state index contributed by atoms with van der Waals surface area (Å²) < 4.78 is 1.76. The molecule has 1 aliphatic heterocycles. The number of thioether (sulfide) groups is 1. The van der Waals surface area contributed by atoms with Gasteiger partial charge in [-0.3, -0.25) is 4.79 Å². The lowest BCUT2D eigenvalue weighted by Gasteiger charge is -2.32. The van der Waals surface area contributed by atoms with Gasteiger partial charge in [0.2, 0.25) is 5.91 Å². The number of carbonyl (C=O) groups is 1. The Labute approximate surface area is 201 Å². The third-order valence-electron chi connectivity index (χ3n) is 5.88. The molecule has 0 aliphatic carbocycles. The Bertz CT molecular complexity index is 1280. The van der Waals surface area contributed by atoms with Crippen LogP contribution >= 0.6 is 23.4 Å². The number of benzene rings is 2. The number of fused-ring (bicyclic) bond motifs is 1. The number of hydrogen-bond acceptors (Lipinski definition) is 6. The van der Waals surface area contributed by atoms with Crippen LogP contribution in [0.2, 0.25) is 5.02 Å². The number of nitrogens with zero attached hydrogens (tertiary/aromatic N) is 5. The fourth-order valence-electron chi connectivity index (χ4n) is 4.04. The third kappa shape index (κ3) is 4.67. The van der Waals surface area contributed by atoms with Gasteiger partial charge in [0.15, 0.2) is 11.5 Å². The van der Waals surface area contributed by atoms with Crippen molar-refractivity contribution in [3.05, 3.63) is 65.7 Å². The number of rotatable bonds is 5. The molecule has 33 heavy (non-hydrogen) atoms. The highest BCUT2D eigenvalue weighted by atomic mass is 35.5. The smallest absolute Gasteiger partial charge is 0.227 e. The number of amides is 1. The van der Waals surface area contributed by atoms with E-state index in [0.717, 1.165) is 47.9 Å². The summed E-state index contributed by atoms with van der Waals surface area (Å²) in [6.45, 7) is 1.53. The van der Waals surface area contributed by atoms with Crippen molar-refractivity contribution in [2.45, 2.75) is 17.7 Å². The van der Waals surface area contributed by atoms with Crippen molar-refractivity contribution in [2.75, 3.05) is 29.6 Å². The van der Waals surface area contributed by atoms with Gasteiger partial charge in [-0.25, -0.2) is 0 Å². The zero-order valence-electron chi connectivity index (χ0n) is 18.1. The van der Waals surface area contributed by atoms with E-state index in [0.29, 0.717) is 16.5 Å². The van der Waals surface area contributed by atoms with E-state index in [2.05, 4.69) is 20.4 Å². The Morgan fingerprint density at radius 3 is 2.61 bits per heavy atom. The Kier molecular flexibility index (Phi) is 6.20. The number of nitrogens with one attached hydrogen (secondary N) is 1. The maximum Gasteiger partial charge on any atom is 0.227 e. The molecule has 1 aliphatic rings. The molecular formula is C24H23ClN6OS. The van der Waals surface area contributed by atoms with Gasteiger partial charge in [-0.05, 0) is 73.7 Å². The molecule has 2 aromatic carbocycles. The second-order valence-electron chi connectivity index (χ2n) is 7.97. The van der Waals surface area contributed by atoms with Crippen molar-refractivity contribution in [3.63, 3.8) is 0 Å². The van der Waals surface area contributed by atoms with Crippen LogP contribution in [0.15, 0.2) is 65.6 Å². The summed E-state index contributed by atoms with van der Waals surface area (Å²) in [5, 5.41) is 17.1. The van der Waals surface area contributed by atoms with E-state index in [4.69, 9.17) is 16.7 Å². The summed E-state index contributed by atoms with van der Waals surface area (Å²) in [6, 6.07) is 19.3. The maximum absolute atomic E-state index is 12.8. The fourth-order valence-corrected chi connectivity index (χ4v) is 4.63. The molecule has 2 aromatic heterocycles. The predicted molar refractivity (Wildman–Crippen MR) is 133 cm³/mol. The van der Waals surface area contributed by atoms with Crippen molar-refractivity contribution in [1.82, 2.24) is 19.8 Å². The largest absolute Gasteiger partial charge is 0.355 e. The standard InChI is InChI=1S/C24H23ClN6OS/c1-33-20-4-2-3-19(15-20)26-24(32)17-11-13-30(14-12-17)22-10-9-21-27-28-23(31(21)29-22)16-5-7-18(25)8-6-16/h2-10,15,17H,11-14H2,1H3,(H,26,32). The molecule has 0 atom stereocenters. The molecule has 9 heteroatoms. The summed E-state index contributed by atoms with van der Waals surface area (Å²) in [4.78, 5) is 16.1. The molecule has 168 valence electrons. The minimum atomic E-state index is -0.0116. The summed E-state index contributed by atoms with van der Waals surface area (Å²) in [5.74, 6) is 1.59. The van der Waals surface area contributed by atoms with Gasteiger partial charge >= 0.3 is 0 Å². The predicted octanol–water partition coefficient (Wildman–Crippen LogP) is 5.02. The SMILES string of the molecule is CSc1cccc(NC(=O)C2CCN(c3ccc4nnc(-c5ccc(Cl)cc5)n4n3)CC2)c1. The van der Waals surface area contributed by atoms with Gasteiger partial charge in [0.1, 0.15) is 5.82 Å². The first-order chi connectivity index (χ1) is 16.1. The fraction of sp³-hybridized carbons (Fsp3) is 0.250.